The quantitative estimate of drug-likeness (QED) is 0.352. The normalized spacial score (nSPS) is 10.5. The van der Waals surface area contributed by atoms with Crippen molar-refractivity contribution < 1.29 is 19.1 Å². The lowest BCUT2D eigenvalue weighted by Crippen LogP contribution is -2.13. The average molecular weight is 412 g/mol. The van der Waals surface area contributed by atoms with Gasteiger partial charge in [0.15, 0.2) is 0 Å². The molecule has 0 aliphatic heterocycles. The van der Waals surface area contributed by atoms with Gasteiger partial charge in [-0.25, -0.2) is 4.79 Å². The minimum atomic E-state index is -0.326. The summed E-state index contributed by atoms with van der Waals surface area (Å²) in [5.41, 5.74) is 3.45. The molecule has 0 atom stereocenters. The molecule has 0 saturated heterocycles. The Kier molecular flexibility index (Phi) is 9.92. The topological polar surface area (TPSA) is 64.6 Å². The summed E-state index contributed by atoms with van der Waals surface area (Å²) in [5.74, 6) is 0.451. The summed E-state index contributed by atoms with van der Waals surface area (Å²) in [6.45, 7) is 7.14. The van der Waals surface area contributed by atoms with Gasteiger partial charge in [0.05, 0.1) is 18.8 Å². The van der Waals surface area contributed by atoms with Crippen molar-refractivity contribution in [2.75, 3.05) is 18.5 Å². The predicted octanol–water partition coefficient (Wildman–Crippen LogP) is 5.84. The number of hydrogen-bond donors (Lipinski definition) is 1. The molecule has 0 aliphatic carbocycles. The highest BCUT2D eigenvalue weighted by molar-refractivity contribution is 5.93. The highest BCUT2D eigenvalue weighted by Crippen LogP contribution is 2.19. The first-order chi connectivity index (χ1) is 14.5. The van der Waals surface area contributed by atoms with Gasteiger partial charge in [0.25, 0.3) is 0 Å². The second-order valence-electron chi connectivity index (χ2n) is 7.54. The molecule has 2 rings (SSSR count). The Bertz CT molecular complexity index is 814. The Balaban J connectivity index is 1.68. The van der Waals surface area contributed by atoms with Gasteiger partial charge in [0, 0.05) is 12.1 Å². The van der Waals surface area contributed by atoms with Gasteiger partial charge in [-0.05, 0) is 62.6 Å². The maximum Gasteiger partial charge on any atom is 0.338 e. The van der Waals surface area contributed by atoms with Crippen LogP contribution in [0.2, 0.25) is 0 Å². The third kappa shape index (κ3) is 8.27. The van der Waals surface area contributed by atoms with Crippen LogP contribution in [0.5, 0.6) is 5.75 Å². The molecule has 2 aromatic rings. The second kappa shape index (κ2) is 12.7. The van der Waals surface area contributed by atoms with E-state index in [4.69, 9.17) is 9.47 Å². The molecule has 5 nitrogen and oxygen atoms in total. The molecule has 0 saturated carbocycles. The molecule has 0 heterocycles. The van der Waals surface area contributed by atoms with Crippen molar-refractivity contribution >= 4 is 17.6 Å². The van der Waals surface area contributed by atoms with Crippen molar-refractivity contribution in [1.29, 1.82) is 0 Å². The van der Waals surface area contributed by atoms with Crippen LogP contribution in [0.15, 0.2) is 42.5 Å². The number of benzene rings is 2. The van der Waals surface area contributed by atoms with Crippen molar-refractivity contribution in [2.24, 2.45) is 0 Å². The maximum atomic E-state index is 12.1. The fourth-order valence-corrected chi connectivity index (χ4v) is 3.07. The van der Waals surface area contributed by atoms with E-state index in [9.17, 15) is 9.59 Å². The summed E-state index contributed by atoms with van der Waals surface area (Å²) in [7, 11) is 0. The Hall–Kier alpha value is -2.82. The van der Waals surface area contributed by atoms with Crippen LogP contribution in [0.25, 0.3) is 0 Å². The molecule has 30 heavy (non-hydrogen) atoms. The summed E-state index contributed by atoms with van der Waals surface area (Å²) in [4.78, 5) is 24.1. The van der Waals surface area contributed by atoms with Crippen LogP contribution < -0.4 is 10.1 Å². The number of nitrogens with one attached hydrogen (secondary N) is 1. The molecule has 2 aromatic carbocycles. The molecule has 162 valence electrons. The average Bonchev–Trinajstić information content (AvgIpc) is 2.72. The van der Waals surface area contributed by atoms with Crippen LogP contribution in [-0.2, 0) is 9.53 Å². The third-order valence-corrected chi connectivity index (χ3v) is 4.77. The van der Waals surface area contributed by atoms with Crippen molar-refractivity contribution in [3.8, 4) is 5.75 Å². The fourth-order valence-electron chi connectivity index (χ4n) is 3.07. The van der Waals surface area contributed by atoms with Crippen molar-refractivity contribution in [2.45, 2.75) is 59.3 Å². The molecular formula is C25H33NO4. The summed E-state index contributed by atoms with van der Waals surface area (Å²) < 4.78 is 11.0. The minimum Gasteiger partial charge on any atom is -0.493 e. The van der Waals surface area contributed by atoms with Crippen LogP contribution >= 0.6 is 0 Å². The lowest BCUT2D eigenvalue weighted by molar-refractivity contribution is -0.116. The molecule has 0 radical (unpaired) electrons. The predicted molar refractivity (Wildman–Crippen MR) is 120 cm³/mol. The van der Waals surface area contributed by atoms with Gasteiger partial charge < -0.3 is 14.8 Å². The van der Waals surface area contributed by atoms with Gasteiger partial charge in [-0.3, -0.25) is 4.79 Å². The summed E-state index contributed by atoms with van der Waals surface area (Å²) in [5, 5.41) is 2.85. The zero-order valence-corrected chi connectivity index (χ0v) is 18.3. The highest BCUT2D eigenvalue weighted by Gasteiger charge is 2.08. The smallest absolute Gasteiger partial charge is 0.338 e. The zero-order chi connectivity index (χ0) is 21.8. The van der Waals surface area contributed by atoms with E-state index in [-0.39, 0.29) is 11.9 Å². The van der Waals surface area contributed by atoms with Gasteiger partial charge in [-0.2, -0.15) is 0 Å². The van der Waals surface area contributed by atoms with E-state index >= 15 is 0 Å². The molecule has 0 spiro atoms. The summed E-state index contributed by atoms with van der Waals surface area (Å²) >= 11 is 0. The molecular weight excluding hydrogens is 378 g/mol. The largest absolute Gasteiger partial charge is 0.493 e. The first-order valence-corrected chi connectivity index (χ1v) is 10.8. The summed E-state index contributed by atoms with van der Waals surface area (Å²) in [6, 6.07) is 12.8. The molecule has 5 heteroatoms. The van der Waals surface area contributed by atoms with Crippen molar-refractivity contribution in [1.82, 2.24) is 0 Å². The van der Waals surface area contributed by atoms with Crippen LogP contribution in [-0.4, -0.2) is 25.1 Å². The first-order valence-electron chi connectivity index (χ1n) is 10.8. The standard InChI is InChI=1S/C25H33NO4/c1-4-5-6-7-16-30-25(28)21-11-13-22(14-12-21)26-24(27)9-8-17-29-23-15-10-19(2)18-20(23)3/h10-15,18H,4-9,16-17H2,1-3H3,(H,26,27). The number of amides is 1. The molecule has 1 amide bonds. The molecule has 0 fully saturated rings. The van der Waals surface area contributed by atoms with Gasteiger partial charge in [0.1, 0.15) is 5.75 Å². The van der Waals surface area contributed by atoms with Crippen LogP contribution in [0.1, 0.15) is 66.9 Å². The van der Waals surface area contributed by atoms with E-state index in [0.717, 1.165) is 37.0 Å². The maximum absolute atomic E-state index is 12.1. The Morgan fingerprint density at radius 2 is 1.67 bits per heavy atom. The Morgan fingerprint density at radius 1 is 0.900 bits per heavy atom. The second-order valence-corrected chi connectivity index (χ2v) is 7.54. The van der Waals surface area contributed by atoms with Gasteiger partial charge in [-0.15, -0.1) is 0 Å². The van der Waals surface area contributed by atoms with E-state index in [1.54, 1.807) is 24.3 Å². The molecule has 0 aromatic heterocycles. The van der Waals surface area contributed by atoms with E-state index in [1.807, 2.05) is 26.0 Å². The lowest BCUT2D eigenvalue weighted by atomic mass is 10.1. The molecule has 0 aliphatic rings. The van der Waals surface area contributed by atoms with Crippen LogP contribution in [0.4, 0.5) is 5.69 Å². The van der Waals surface area contributed by atoms with Gasteiger partial charge >= 0.3 is 5.97 Å². The third-order valence-electron chi connectivity index (χ3n) is 4.77. The van der Waals surface area contributed by atoms with E-state index < -0.39 is 0 Å². The minimum absolute atomic E-state index is 0.0783. The van der Waals surface area contributed by atoms with E-state index in [0.29, 0.717) is 37.3 Å². The Morgan fingerprint density at radius 3 is 2.37 bits per heavy atom. The number of anilines is 1. The molecule has 0 unspecified atom stereocenters. The molecule has 1 N–H and O–H groups in total. The van der Waals surface area contributed by atoms with Crippen molar-refractivity contribution in [3.63, 3.8) is 0 Å². The fraction of sp³-hybridized carbons (Fsp3) is 0.440. The summed E-state index contributed by atoms with van der Waals surface area (Å²) in [6.07, 6.45) is 5.27. The number of unbranched alkanes of at least 4 members (excludes halogenated alkanes) is 3. The Labute approximate surface area is 179 Å². The van der Waals surface area contributed by atoms with Crippen LogP contribution in [0.3, 0.4) is 0 Å². The monoisotopic (exact) mass is 411 g/mol. The van der Waals surface area contributed by atoms with Crippen LogP contribution in [0, 0.1) is 13.8 Å². The van der Waals surface area contributed by atoms with E-state index in [1.165, 1.54) is 5.56 Å². The van der Waals surface area contributed by atoms with E-state index in [2.05, 4.69) is 18.3 Å². The van der Waals surface area contributed by atoms with Crippen molar-refractivity contribution in [3.05, 3.63) is 59.2 Å². The number of ether oxygens (including phenoxy) is 2. The lowest BCUT2D eigenvalue weighted by Gasteiger charge is -2.10. The number of carbonyl (C=O) groups excluding carboxylic acids is 2. The molecule has 0 bridgehead atoms. The number of hydrogen-bond acceptors (Lipinski definition) is 4. The van der Waals surface area contributed by atoms with Gasteiger partial charge in [-0.1, -0.05) is 43.9 Å². The number of carbonyl (C=O) groups is 2. The van der Waals surface area contributed by atoms with Gasteiger partial charge in [0.2, 0.25) is 5.91 Å². The number of aryl methyl sites for hydroxylation is 2. The number of rotatable bonds is 12. The number of esters is 1. The first kappa shape index (κ1) is 23.5. The highest BCUT2D eigenvalue weighted by atomic mass is 16.5. The zero-order valence-electron chi connectivity index (χ0n) is 18.3. The SMILES string of the molecule is CCCCCCOC(=O)c1ccc(NC(=O)CCCOc2ccc(C)cc2C)cc1.